The maximum Gasteiger partial charge on any atom is 0.405 e. The molecule has 2 N–H and O–H groups in total. The predicted octanol–water partition coefficient (Wildman–Crippen LogP) is 4.54. The molecule has 1 aromatic heterocycles. The van der Waals surface area contributed by atoms with Gasteiger partial charge in [-0.2, -0.15) is 0 Å². The van der Waals surface area contributed by atoms with E-state index >= 15 is 0 Å². The average molecular weight is 355 g/mol. The molecular formula is C20H18FNO4. The summed E-state index contributed by atoms with van der Waals surface area (Å²) >= 11 is 0. The third-order valence-electron chi connectivity index (χ3n) is 4.32. The van der Waals surface area contributed by atoms with Crippen LogP contribution in [0.4, 0.5) is 9.18 Å². The molecule has 1 unspecified atom stereocenters. The van der Waals surface area contributed by atoms with Crippen molar-refractivity contribution in [1.82, 2.24) is 5.32 Å². The number of carboxylic acid groups (broad SMARTS) is 1. The Morgan fingerprint density at radius 3 is 2.58 bits per heavy atom. The van der Waals surface area contributed by atoms with Crippen molar-refractivity contribution in [2.75, 3.05) is 0 Å². The van der Waals surface area contributed by atoms with Crippen molar-refractivity contribution in [2.24, 2.45) is 0 Å². The van der Waals surface area contributed by atoms with Crippen molar-refractivity contribution < 1.29 is 18.7 Å². The number of hydrogen-bond donors (Lipinski definition) is 2. The fourth-order valence-corrected chi connectivity index (χ4v) is 3.05. The highest BCUT2D eigenvalue weighted by Crippen LogP contribution is 2.31. The first-order valence-electron chi connectivity index (χ1n) is 8.12. The van der Waals surface area contributed by atoms with Gasteiger partial charge in [0.2, 0.25) is 0 Å². The van der Waals surface area contributed by atoms with Gasteiger partial charge in [-0.3, -0.25) is 4.79 Å². The summed E-state index contributed by atoms with van der Waals surface area (Å²) in [7, 11) is 0. The van der Waals surface area contributed by atoms with Crippen LogP contribution in [0.1, 0.15) is 29.7 Å². The maximum atomic E-state index is 14.2. The molecule has 0 radical (unpaired) electrons. The summed E-state index contributed by atoms with van der Waals surface area (Å²) in [4.78, 5) is 23.9. The quantitative estimate of drug-likeness (QED) is 0.723. The number of nitrogens with one attached hydrogen (secondary N) is 1. The molecule has 0 aliphatic carbocycles. The van der Waals surface area contributed by atoms with Gasteiger partial charge in [0.25, 0.3) is 0 Å². The Balaban J connectivity index is 2.36. The fraction of sp³-hybridized carbons (Fsp3) is 0.200. The number of amides is 1. The maximum absolute atomic E-state index is 14.2. The molecule has 26 heavy (non-hydrogen) atoms. The third kappa shape index (κ3) is 3.06. The Bertz CT molecular complexity index is 1070. The van der Waals surface area contributed by atoms with Crippen molar-refractivity contribution >= 4 is 17.1 Å². The van der Waals surface area contributed by atoms with E-state index in [0.717, 1.165) is 5.56 Å². The normalized spacial score (nSPS) is 12.2. The van der Waals surface area contributed by atoms with E-state index in [4.69, 9.17) is 9.52 Å². The average Bonchev–Trinajstić information content (AvgIpc) is 2.58. The van der Waals surface area contributed by atoms with Crippen molar-refractivity contribution in [3.05, 3.63) is 69.1 Å². The van der Waals surface area contributed by atoms with Crippen LogP contribution in [0.15, 0.2) is 45.6 Å². The van der Waals surface area contributed by atoms with E-state index in [2.05, 4.69) is 5.32 Å². The Labute approximate surface area is 149 Å². The van der Waals surface area contributed by atoms with Crippen LogP contribution in [0.3, 0.4) is 0 Å². The fourth-order valence-electron chi connectivity index (χ4n) is 3.05. The van der Waals surface area contributed by atoms with Crippen LogP contribution in [0, 0.1) is 19.7 Å². The lowest BCUT2D eigenvalue weighted by atomic mass is 9.99. The first-order valence-corrected chi connectivity index (χ1v) is 8.12. The second kappa shape index (κ2) is 6.63. The molecule has 0 fully saturated rings. The molecule has 3 aromatic rings. The van der Waals surface area contributed by atoms with E-state index in [1.165, 1.54) is 6.07 Å². The van der Waals surface area contributed by atoms with Crippen molar-refractivity contribution in [2.45, 2.75) is 26.8 Å². The Morgan fingerprint density at radius 1 is 1.23 bits per heavy atom. The van der Waals surface area contributed by atoms with Crippen LogP contribution in [0.25, 0.3) is 22.3 Å². The minimum atomic E-state index is -1.18. The van der Waals surface area contributed by atoms with Gasteiger partial charge in [0.1, 0.15) is 17.2 Å². The number of carbonyl (C=O) groups is 1. The van der Waals surface area contributed by atoms with Crippen molar-refractivity contribution in [3.63, 3.8) is 0 Å². The van der Waals surface area contributed by atoms with E-state index < -0.39 is 18.0 Å². The van der Waals surface area contributed by atoms with Crippen LogP contribution in [-0.4, -0.2) is 11.2 Å². The van der Waals surface area contributed by atoms with E-state index in [1.54, 1.807) is 44.2 Å². The number of hydrogen-bond acceptors (Lipinski definition) is 3. The third-order valence-corrected chi connectivity index (χ3v) is 4.32. The smallest absolute Gasteiger partial charge is 0.405 e. The van der Waals surface area contributed by atoms with Gasteiger partial charge < -0.3 is 14.8 Å². The van der Waals surface area contributed by atoms with Gasteiger partial charge in [-0.25, -0.2) is 9.18 Å². The molecule has 0 saturated heterocycles. The topological polar surface area (TPSA) is 79.5 Å². The lowest BCUT2D eigenvalue weighted by Crippen LogP contribution is -2.25. The molecule has 1 atom stereocenters. The predicted molar refractivity (Wildman–Crippen MR) is 96.9 cm³/mol. The minimum absolute atomic E-state index is 0.147. The summed E-state index contributed by atoms with van der Waals surface area (Å²) in [6.45, 7) is 5.06. The highest BCUT2D eigenvalue weighted by molar-refractivity contribution is 5.84. The van der Waals surface area contributed by atoms with Gasteiger partial charge in [-0.15, -0.1) is 0 Å². The summed E-state index contributed by atoms with van der Waals surface area (Å²) in [5.74, 6) is -0.350. The highest BCUT2D eigenvalue weighted by atomic mass is 19.1. The summed E-state index contributed by atoms with van der Waals surface area (Å²) < 4.78 is 20.2. The number of aryl methyl sites for hydroxylation is 1. The monoisotopic (exact) mass is 355 g/mol. The van der Waals surface area contributed by atoms with Gasteiger partial charge in [0.15, 0.2) is 5.43 Å². The van der Waals surface area contributed by atoms with Crippen LogP contribution in [0.5, 0.6) is 0 Å². The number of rotatable bonds is 3. The molecule has 3 rings (SSSR count). The highest BCUT2D eigenvalue weighted by Gasteiger charge is 2.20. The number of benzene rings is 2. The van der Waals surface area contributed by atoms with Crippen LogP contribution in [-0.2, 0) is 0 Å². The molecule has 0 bridgehead atoms. The second-order valence-corrected chi connectivity index (χ2v) is 6.27. The molecule has 6 heteroatoms. The molecule has 0 saturated carbocycles. The molecular weight excluding hydrogens is 337 g/mol. The van der Waals surface area contributed by atoms with Gasteiger partial charge >= 0.3 is 6.09 Å². The Kier molecular flexibility index (Phi) is 4.50. The molecule has 0 spiro atoms. The number of fused-ring (bicyclic) bond motifs is 1. The molecule has 0 aliphatic rings. The standard InChI is InChI=1S/C20H18FNO4/c1-10-8-14(12(3)22-20(24)25)19-15(9-10)17(23)11(2)18(26-19)13-6-4-5-7-16(13)21/h4-9,12,22H,1-3H3,(H,24,25). The molecule has 5 nitrogen and oxygen atoms in total. The van der Waals surface area contributed by atoms with Gasteiger partial charge in [-0.1, -0.05) is 18.2 Å². The SMILES string of the molecule is Cc1cc(C(C)NC(=O)O)c2oc(-c3ccccc3F)c(C)c(=O)c2c1. The van der Waals surface area contributed by atoms with Crippen molar-refractivity contribution in [1.29, 1.82) is 0 Å². The van der Waals surface area contributed by atoms with Gasteiger partial charge in [-0.05, 0) is 44.5 Å². The summed E-state index contributed by atoms with van der Waals surface area (Å²) in [6.07, 6.45) is -1.18. The van der Waals surface area contributed by atoms with E-state index in [1.807, 2.05) is 6.92 Å². The lowest BCUT2D eigenvalue weighted by molar-refractivity contribution is 0.191. The zero-order chi connectivity index (χ0) is 19.0. The van der Waals surface area contributed by atoms with E-state index in [9.17, 15) is 14.0 Å². The van der Waals surface area contributed by atoms with Crippen LogP contribution < -0.4 is 10.7 Å². The molecule has 0 aliphatic heterocycles. The molecule has 1 heterocycles. The van der Waals surface area contributed by atoms with Gasteiger partial charge in [0.05, 0.1) is 17.0 Å². The lowest BCUT2D eigenvalue weighted by Gasteiger charge is -2.16. The zero-order valence-corrected chi connectivity index (χ0v) is 14.6. The van der Waals surface area contributed by atoms with Gasteiger partial charge in [0, 0.05) is 11.1 Å². The summed E-state index contributed by atoms with van der Waals surface area (Å²) in [6, 6.07) is 8.90. The first-order chi connectivity index (χ1) is 12.3. The Morgan fingerprint density at radius 2 is 1.92 bits per heavy atom. The van der Waals surface area contributed by atoms with E-state index in [-0.39, 0.29) is 22.3 Å². The molecule has 134 valence electrons. The largest absolute Gasteiger partial charge is 0.465 e. The second-order valence-electron chi connectivity index (χ2n) is 6.27. The molecule has 2 aromatic carbocycles. The number of halogens is 1. The zero-order valence-electron chi connectivity index (χ0n) is 14.6. The summed E-state index contributed by atoms with van der Waals surface area (Å²) in [5.41, 5.74) is 1.81. The Hall–Kier alpha value is -3.15. The minimum Gasteiger partial charge on any atom is -0.465 e. The summed E-state index contributed by atoms with van der Waals surface area (Å²) in [5, 5.41) is 11.7. The molecule has 1 amide bonds. The van der Waals surface area contributed by atoms with E-state index in [0.29, 0.717) is 16.5 Å². The van der Waals surface area contributed by atoms with Crippen LogP contribution in [0.2, 0.25) is 0 Å². The first kappa shape index (κ1) is 17.7. The van der Waals surface area contributed by atoms with Crippen LogP contribution >= 0.6 is 0 Å². The van der Waals surface area contributed by atoms with Crippen molar-refractivity contribution in [3.8, 4) is 11.3 Å².